The van der Waals surface area contributed by atoms with Gasteiger partial charge in [0.25, 0.3) is 0 Å². The summed E-state index contributed by atoms with van der Waals surface area (Å²) in [5.74, 6) is -0.115. The average Bonchev–Trinajstić information content (AvgIpc) is 2.72. The van der Waals surface area contributed by atoms with Crippen molar-refractivity contribution in [3.63, 3.8) is 0 Å². The number of aliphatic hydroxyl groups is 1. The summed E-state index contributed by atoms with van der Waals surface area (Å²) in [5, 5.41) is 10.7. The van der Waals surface area contributed by atoms with Crippen molar-refractivity contribution in [2.24, 2.45) is 5.41 Å². The molecule has 0 spiro atoms. The van der Waals surface area contributed by atoms with E-state index in [1.54, 1.807) is 19.3 Å². The first kappa shape index (κ1) is 21.5. The lowest BCUT2D eigenvalue weighted by Crippen LogP contribution is -2.40. The fourth-order valence-electron chi connectivity index (χ4n) is 3.82. The van der Waals surface area contributed by atoms with E-state index in [9.17, 15) is 14.7 Å². The van der Waals surface area contributed by atoms with E-state index >= 15 is 0 Å². The molecule has 1 aliphatic carbocycles. The van der Waals surface area contributed by atoms with E-state index in [4.69, 9.17) is 9.47 Å². The Morgan fingerprint density at radius 2 is 1.75 bits per heavy atom. The van der Waals surface area contributed by atoms with Gasteiger partial charge in [0.05, 0.1) is 19.6 Å². The van der Waals surface area contributed by atoms with E-state index < -0.39 is 17.0 Å². The number of allylic oxidation sites excluding steroid dienone is 4. The van der Waals surface area contributed by atoms with Gasteiger partial charge in [-0.15, -0.1) is 0 Å². The highest BCUT2D eigenvalue weighted by molar-refractivity contribution is 6.28. The molecule has 5 heteroatoms. The van der Waals surface area contributed by atoms with Crippen LogP contribution in [0.25, 0.3) is 6.08 Å². The molecule has 0 fully saturated rings. The fourth-order valence-corrected chi connectivity index (χ4v) is 3.82. The summed E-state index contributed by atoms with van der Waals surface area (Å²) in [7, 11) is 3.05. The normalized spacial score (nSPS) is 16.7. The van der Waals surface area contributed by atoms with Crippen LogP contribution in [0.3, 0.4) is 0 Å². The monoisotopic (exact) mass is 384 g/mol. The lowest BCUT2D eigenvalue weighted by atomic mass is 9.68. The molecule has 5 nitrogen and oxygen atoms in total. The Balaban J connectivity index is 2.56. The summed E-state index contributed by atoms with van der Waals surface area (Å²) in [6, 6.07) is 7.26. The van der Waals surface area contributed by atoms with Crippen LogP contribution in [0.4, 0.5) is 0 Å². The minimum atomic E-state index is -0.935. The molecule has 1 N–H and O–H groups in total. The van der Waals surface area contributed by atoms with Gasteiger partial charge in [-0.1, -0.05) is 39.0 Å². The van der Waals surface area contributed by atoms with Crippen LogP contribution < -0.4 is 4.74 Å². The molecule has 0 saturated heterocycles. The van der Waals surface area contributed by atoms with Gasteiger partial charge in [-0.2, -0.15) is 0 Å². The second-order valence-corrected chi connectivity index (χ2v) is 6.65. The van der Waals surface area contributed by atoms with Gasteiger partial charge in [-0.25, -0.2) is 0 Å². The lowest BCUT2D eigenvalue weighted by Gasteiger charge is -2.37. The Kier molecular flexibility index (Phi) is 6.84. The van der Waals surface area contributed by atoms with Crippen LogP contribution in [0.1, 0.15) is 45.6 Å². The number of hydrogen-bond acceptors (Lipinski definition) is 5. The second-order valence-electron chi connectivity index (χ2n) is 6.65. The van der Waals surface area contributed by atoms with E-state index in [1.165, 1.54) is 13.2 Å². The van der Waals surface area contributed by atoms with Crippen molar-refractivity contribution in [3.8, 4) is 5.75 Å². The molecule has 0 aliphatic heterocycles. The number of ether oxygens (including phenoxy) is 2. The van der Waals surface area contributed by atoms with Crippen molar-refractivity contribution in [1.82, 2.24) is 0 Å². The van der Waals surface area contributed by atoms with Crippen LogP contribution in [0.5, 0.6) is 5.75 Å². The molecule has 0 radical (unpaired) electrons. The number of benzene rings is 1. The number of Topliss-reactive ketones (excluding diaryl/α,β-unsaturated/α-hetero) is 1. The molecule has 1 aromatic carbocycles. The first-order valence-corrected chi connectivity index (χ1v) is 9.53. The fraction of sp³-hybridized carbons (Fsp3) is 0.391. The molecular formula is C23H28O5. The van der Waals surface area contributed by atoms with Gasteiger partial charge >= 0.3 is 0 Å². The highest BCUT2D eigenvalue weighted by atomic mass is 16.5. The third kappa shape index (κ3) is 3.49. The van der Waals surface area contributed by atoms with Crippen molar-refractivity contribution in [1.29, 1.82) is 0 Å². The van der Waals surface area contributed by atoms with Crippen LogP contribution in [0, 0.1) is 5.41 Å². The molecule has 28 heavy (non-hydrogen) atoms. The standard InChI is InChI=1S/C23H28O5/c1-6-16-20(25)19(21(26)23(7-2,8-3)22(16)28-5)17(24)14-13-15-11-9-10-12-18(15)27-4/h9-14,25H,6-8H2,1-5H3/b14-13+. The summed E-state index contributed by atoms with van der Waals surface area (Å²) in [6.45, 7) is 5.65. The smallest absolute Gasteiger partial charge is 0.193 e. The number of hydrogen-bond donors (Lipinski definition) is 1. The van der Waals surface area contributed by atoms with Gasteiger partial charge in [0, 0.05) is 11.1 Å². The molecular weight excluding hydrogens is 356 g/mol. The van der Waals surface area contributed by atoms with Crippen LogP contribution in [-0.2, 0) is 14.3 Å². The molecule has 0 atom stereocenters. The summed E-state index contributed by atoms with van der Waals surface area (Å²) in [6.07, 6.45) is 4.32. The maximum absolute atomic E-state index is 13.3. The number of methoxy groups -OCH3 is 2. The van der Waals surface area contributed by atoms with E-state index in [0.717, 1.165) is 0 Å². The molecule has 0 aromatic heterocycles. The molecule has 2 rings (SSSR count). The SMILES string of the molecule is CCC1=C(OC)C(CC)(CC)C(=O)C(C(=O)/C=C/c2ccccc2OC)=C1O. The molecule has 0 saturated carbocycles. The first-order chi connectivity index (χ1) is 13.4. The van der Waals surface area contributed by atoms with Crippen molar-refractivity contribution in [2.75, 3.05) is 14.2 Å². The zero-order valence-corrected chi connectivity index (χ0v) is 17.2. The number of aliphatic hydroxyl groups excluding tert-OH is 1. The Hall–Kier alpha value is -2.82. The number of carbonyl (C=O) groups is 2. The summed E-state index contributed by atoms with van der Waals surface area (Å²) in [5.41, 5.74) is 0.116. The Labute approximate surface area is 166 Å². The van der Waals surface area contributed by atoms with Crippen molar-refractivity contribution < 1.29 is 24.2 Å². The first-order valence-electron chi connectivity index (χ1n) is 9.53. The van der Waals surface area contributed by atoms with E-state index in [2.05, 4.69) is 0 Å². The maximum Gasteiger partial charge on any atom is 0.193 e. The summed E-state index contributed by atoms with van der Waals surface area (Å²) in [4.78, 5) is 26.3. The molecule has 1 aliphatic rings. The van der Waals surface area contributed by atoms with Crippen LogP contribution >= 0.6 is 0 Å². The lowest BCUT2D eigenvalue weighted by molar-refractivity contribution is -0.128. The van der Waals surface area contributed by atoms with Crippen molar-refractivity contribution in [2.45, 2.75) is 40.0 Å². The van der Waals surface area contributed by atoms with Gasteiger partial charge in [0.1, 0.15) is 22.8 Å². The number of ketones is 2. The van der Waals surface area contributed by atoms with Crippen molar-refractivity contribution in [3.05, 3.63) is 58.6 Å². The topological polar surface area (TPSA) is 72.8 Å². The summed E-state index contributed by atoms with van der Waals surface area (Å²) < 4.78 is 10.8. The average molecular weight is 384 g/mol. The van der Waals surface area contributed by atoms with Gasteiger partial charge in [-0.05, 0) is 37.5 Å². The van der Waals surface area contributed by atoms with E-state index in [-0.39, 0.29) is 11.3 Å². The number of para-hydroxylation sites is 1. The predicted molar refractivity (Wildman–Crippen MR) is 109 cm³/mol. The van der Waals surface area contributed by atoms with Crippen LogP contribution in [-0.4, -0.2) is 30.9 Å². The molecule has 0 heterocycles. The van der Waals surface area contributed by atoms with Crippen LogP contribution in [0.2, 0.25) is 0 Å². The molecule has 0 bridgehead atoms. The molecule has 1 aromatic rings. The van der Waals surface area contributed by atoms with Crippen LogP contribution in [0.15, 0.2) is 53.0 Å². The zero-order valence-electron chi connectivity index (χ0n) is 17.2. The van der Waals surface area contributed by atoms with Gasteiger partial charge in [0.2, 0.25) is 0 Å². The minimum Gasteiger partial charge on any atom is -0.507 e. The zero-order chi connectivity index (χ0) is 20.9. The molecule has 150 valence electrons. The van der Waals surface area contributed by atoms with E-state index in [1.807, 2.05) is 39.0 Å². The Morgan fingerprint density at radius 1 is 1.11 bits per heavy atom. The van der Waals surface area contributed by atoms with Gasteiger partial charge in [0.15, 0.2) is 11.6 Å². The third-order valence-electron chi connectivity index (χ3n) is 5.46. The Morgan fingerprint density at radius 3 is 2.29 bits per heavy atom. The largest absolute Gasteiger partial charge is 0.507 e. The minimum absolute atomic E-state index is 0.174. The molecule has 0 amide bonds. The van der Waals surface area contributed by atoms with Gasteiger partial charge < -0.3 is 14.6 Å². The Bertz CT molecular complexity index is 853. The summed E-state index contributed by atoms with van der Waals surface area (Å²) >= 11 is 0. The second kappa shape index (κ2) is 8.91. The maximum atomic E-state index is 13.3. The highest BCUT2D eigenvalue weighted by Crippen LogP contribution is 2.46. The number of carbonyl (C=O) groups excluding carboxylic acids is 2. The predicted octanol–water partition coefficient (Wildman–Crippen LogP) is 4.79. The third-order valence-corrected chi connectivity index (χ3v) is 5.46. The molecule has 0 unspecified atom stereocenters. The van der Waals surface area contributed by atoms with Gasteiger partial charge in [-0.3, -0.25) is 9.59 Å². The quantitative estimate of drug-likeness (QED) is 0.515. The van der Waals surface area contributed by atoms with Crippen molar-refractivity contribution >= 4 is 17.6 Å². The highest BCUT2D eigenvalue weighted by Gasteiger charge is 2.49. The van der Waals surface area contributed by atoms with E-state index in [0.29, 0.717) is 41.9 Å². The number of rotatable bonds is 8.